The molecule has 0 aliphatic rings. The second-order valence-corrected chi connectivity index (χ2v) is 3.60. The lowest BCUT2D eigenvalue weighted by molar-refractivity contribution is -0.452. The standard InChI is InChI=1S/C13H16O7/c1-2-8-16-9-10-17-13(15)19-20-18-12(14)11-6-4-3-5-7-11/h3-7H,2,8-10H2,1H3. The van der Waals surface area contributed by atoms with Gasteiger partial charge < -0.3 is 9.47 Å². The Morgan fingerprint density at radius 1 is 1.00 bits per heavy atom. The van der Waals surface area contributed by atoms with E-state index in [4.69, 9.17) is 4.74 Å². The van der Waals surface area contributed by atoms with Crippen LogP contribution < -0.4 is 0 Å². The van der Waals surface area contributed by atoms with Crippen molar-refractivity contribution in [1.82, 2.24) is 0 Å². The van der Waals surface area contributed by atoms with Crippen LogP contribution in [-0.4, -0.2) is 31.9 Å². The number of rotatable bonds is 8. The predicted octanol–water partition coefficient (Wildman–Crippen LogP) is 2.27. The van der Waals surface area contributed by atoms with Crippen LogP contribution >= 0.6 is 0 Å². The summed E-state index contributed by atoms with van der Waals surface area (Å²) in [7, 11) is 0. The van der Waals surface area contributed by atoms with Gasteiger partial charge in [0.25, 0.3) is 0 Å². The summed E-state index contributed by atoms with van der Waals surface area (Å²) < 4.78 is 9.65. The van der Waals surface area contributed by atoms with Crippen LogP contribution in [0.1, 0.15) is 23.7 Å². The quantitative estimate of drug-likeness (QED) is 0.313. The van der Waals surface area contributed by atoms with Crippen LogP contribution in [0.3, 0.4) is 0 Å². The Balaban J connectivity index is 2.08. The molecule has 1 rings (SSSR count). The maximum Gasteiger partial charge on any atom is 0.543 e. The normalized spacial score (nSPS) is 9.85. The second-order valence-electron chi connectivity index (χ2n) is 3.60. The molecule has 7 heteroatoms. The van der Waals surface area contributed by atoms with E-state index in [1.165, 1.54) is 12.1 Å². The molecule has 0 aromatic heterocycles. The maximum atomic E-state index is 11.4. The Morgan fingerprint density at radius 3 is 2.45 bits per heavy atom. The number of ether oxygens (including phenoxy) is 2. The molecular weight excluding hydrogens is 268 g/mol. The minimum absolute atomic E-state index is 0.0226. The molecule has 1 aromatic rings. The van der Waals surface area contributed by atoms with Gasteiger partial charge in [-0.3, -0.25) is 4.89 Å². The van der Waals surface area contributed by atoms with Crippen LogP contribution in [0.25, 0.3) is 0 Å². The monoisotopic (exact) mass is 284 g/mol. The average molecular weight is 284 g/mol. The van der Waals surface area contributed by atoms with Crippen LogP contribution in [0, 0.1) is 0 Å². The van der Waals surface area contributed by atoms with E-state index in [1.54, 1.807) is 18.2 Å². The van der Waals surface area contributed by atoms with E-state index in [-0.39, 0.29) is 18.8 Å². The lowest BCUT2D eigenvalue weighted by Crippen LogP contribution is -2.14. The van der Waals surface area contributed by atoms with Gasteiger partial charge in [-0.1, -0.05) is 25.1 Å². The zero-order chi connectivity index (χ0) is 14.6. The Hall–Kier alpha value is -2.12. The van der Waals surface area contributed by atoms with E-state index in [2.05, 4.69) is 19.6 Å². The Labute approximate surface area is 116 Å². The average Bonchev–Trinajstić information content (AvgIpc) is 2.48. The topological polar surface area (TPSA) is 80.3 Å². The lowest BCUT2D eigenvalue weighted by atomic mass is 10.2. The van der Waals surface area contributed by atoms with Crippen molar-refractivity contribution >= 4 is 12.1 Å². The highest BCUT2D eigenvalue weighted by atomic mass is 17.5. The first-order valence-corrected chi connectivity index (χ1v) is 6.09. The Bertz CT molecular complexity index is 404. The summed E-state index contributed by atoms with van der Waals surface area (Å²) >= 11 is 0. The van der Waals surface area contributed by atoms with E-state index in [0.29, 0.717) is 6.61 Å². The van der Waals surface area contributed by atoms with Gasteiger partial charge in [0.15, 0.2) is 0 Å². The van der Waals surface area contributed by atoms with Gasteiger partial charge in [-0.15, -0.1) is 0 Å². The van der Waals surface area contributed by atoms with Crippen molar-refractivity contribution in [2.45, 2.75) is 13.3 Å². The van der Waals surface area contributed by atoms with Gasteiger partial charge in [0, 0.05) is 6.61 Å². The summed E-state index contributed by atoms with van der Waals surface area (Å²) in [4.78, 5) is 30.7. The number of carbonyl (C=O) groups excluding carboxylic acids is 2. The molecule has 0 heterocycles. The molecule has 0 aliphatic carbocycles. The van der Waals surface area contributed by atoms with Crippen molar-refractivity contribution in [3.8, 4) is 0 Å². The van der Waals surface area contributed by atoms with Crippen LogP contribution in [0.5, 0.6) is 0 Å². The second kappa shape index (κ2) is 9.76. The fraction of sp³-hybridized carbons (Fsp3) is 0.385. The largest absolute Gasteiger partial charge is 0.543 e. The van der Waals surface area contributed by atoms with Gasteiger partial charge in [0.05, 0.1) is 17.2 Å². The van der Waals surface area contributed by atoms with Crippen LogP contribution in [0.4, 0.5) is 4.79 Å². The molecule has 7 nitrogen and oxygen atoms in total. The van der Waals surface area contributed by atoms with Gasteiger partial charge in [-0.2, -0.15) is 0 Å². The third-order valence-corrected chi connectivity index (χ3v) is 2.02. The molecule has 1 aromatic carbocycles. The lowest BCUT2D eigenvalue weighted by Gasteiger charge is -2.04. The summed E-state index contributed by atoms with van der Waals surface area (Å²) in [6.45, 7) is 2.83. The summed E-state index contributed by atoms with van der Waals surface area (Å²) in [6, 6.07) is 8.10. The Morgan fingerprint density at radius 2 is 1.75 bits per heavy atom. The van der Waals surface area contributed by atoms with Crippen molar-refractivity contribution in [3.05, 3.63) is 35.9 Å². The fourth-order valence-corrected chi connectivity index (χ4v) is 1.15. The van der Waals surface area contributed by atoms with Gasteiger partial charge in [0.1, 0.15) is 6.61 Å². The van der Waals surface area contributed by atoms with Gasteiger partial charge in [-0.25, -0.2) is 14.5 Å². The van der Waals surface area contributed by atoms with Crippen LogP contribution in [0.15, 0.2) is 30.3 Å². The summed E-state index contributed by atoms with van der Waals surface area (Å²) in [5.74, 6) is -0.787. The molecule has 20 heavy (non-hydrogen) atoms. The van der Waals surface area contributed by atoms with E-state index in [0.717, 1.165) is 6.42 Å². The smallest absolute Gasteiger partial charge is 0.430 e. The van der Waals surface area contributed by atoms with E-state index in [1.807, 2.05) is 6.92 Å². The van der Waals surface area contributed by atoms with Gasteiger partial charge >= 0.3 is 12.1 Å². The molecule has 110 valence electrons. The number of hydrogen-bond donors (Lipinski definition) is 0. The molecule has 0 fully saturated rings. The summed E-state index contributed by atoms with van der Waals surface area (Å²) in [5.41, 5.74) is 0.262. The first-order valence-electron chi connectivity index (χ1n) is 6.09. The molecular formula is C13H16O7. The first-order chi connectivity index (χ1) is 9.74. The van der Waals surface area contributed by atoms with Crippen molar-refractivity contribution in [3.63, 3.8) is 0 Å². The van der Waals surface area contributed by atoms with Crippen molar-refractivity contribution in [2.75, 3.05) is 19.8 Å². The van der Waals surface area contributed by atoms with E-state index >= 15 is 0 Å². The molecule has 0 N–H and O–H groups in total. The Kier molecular flexibility index (Phi) is 7.78. The summed E-state index contributed by atoms with van der Waals surface area (Å²) in [6.07, 6.45) is -0.242. The SMILES string of the molecule is CCCOCCOC(=O)OOOC(=O)c1ccccc1. The van der Waals surface area contributed by atoms with Gasteiger partial charge in [0.2, 0.25) is 0 Å². The predicted molar refractivity (Wildman–Crippen MR) is 66.5 cm³/mol. The fourth-order valence-electron chi connectivity index (χ4n) is 1.15. The van der Waals surface area contributed by atoms with Crippen molar-refractivity contribution < 1.29 is 33.9 Å². The van der Waals surface area contributed by atoms with Gasteiger partial charge in [-0.05, 0) is 18.6 Å². The minimum atomic E-state index is -1.12. The highest BCUT2D eigenvalue weighted by Gasteiger charge is 2.11. The molecule has 0 radical (unpaired) electrons. The van der Waals surface area contributed by atoms with E-state index < -0.39 is 12.1 Å². The third kappa shape index (κ3) is 6.72. The first kappa shape index (κ1) is 15.9. The molecule has 0 saturated carbocycles. The summed E-state index contributed by atoms with van der Waals surface area (Å²) in [5, 5.41) is 4.02. The molecule has 0 atom stereocenters. The maximum absolute atomic E-state index is 11.4. The number of carbonyl (C=O) groups is 2. The van der Waals surface area contributed by atoms with Crippen LogP contribution in [-0.2, 0) is 24.3 Å². The van der Waals surface area contributed by atoms with E-state index in [9.17, 15) is 9.59 Å². The molecule has 0 amide bonds. The highest BCUT2D eigenvalue weighted by Crippen LogP contribution is 2.01. The molecule has 0 spiro atoms. The van der Waals surface area contributed by atoms with Crippen molar-refractivity contribution in [1.29, 1.82) is 0 Å². The molecule has 0 saturated heterocycles. The number of hydrogen-bond acceptors (Lipinski definition) is 7. The van der Waals surface area contributed by atoms with Crippen LogP contribution in [0.2, 0.25) is 0 Å². The highest BCUT2D eigenvalue weighted by molar-refractivity contribution is 5.88. The molecule has 0 unspecified atom stereocenters. The zero-order valence-corrected chi connectivity index (χ0v) is 11.1. The minimum Gasteiger partial charge on any atom is -0.430 e. The van der Waals surface area contributed by atoms with Crippen molar-refractivity contribution in [2.24, 2.45) is 0 Å². The third-order valence-electron chi connectivity index (χ3n) is 2.02. The molecule has 0 bridgehead atoms. The molecule has 0 aliphatic heterocycles. The number of benzene rings is 1. The zero-order valence-electron chi connectivity index (χ0n) is 11.1.